The Morgan fingerprint density at radius 2 is 2.00 bits per heavy atom. The van der Waals surface area contributed by atoms with Crippen molar-refractivity contribution in [2.45, 2.75) is 68.7 Å². The van der Waals surface area contributed by atoms with Crippen LogP contribution < -0.4 is 4.74 Å². The summed E-state index contributed by atoms with van der Waals surface area (Å²) >= 11 is 0. The van der Waals surface area contributed by atoms with E-state index in [0.717, 1.165) is 49.9 Å². The normalized spacial score (nSPS) is 30.2. The van der Waals surface area contributed by atoms with Crippen molar-refractivity contribution < 1.29 is 14.6 Å². The minimum atomic E-state index is -0.334. The molecule has 4 aliphatic rings. The molecule has 6 rings (SSSR count). The van der Waals surface area contributed by atoms with E-state index in [-0.39, 0.29) is 34.8 Å². The molecule has 2 aliphatic carbocycles. The molecule has 2 aliphatic heterocycles. The number of hydrogen-bond donors (Lipinski definition) is 1. The maximum Gasteiger partial charge on any atom is 0.298 e. The number of amides is 1. The van der Waals surface area contributed by atoms with Gasteiger partial charge < -0.3 is 19.6 Å². The Morgan fingerprint density at radius 1 is 1.21 bits per heavy atom. The summed E-state index contributed by atoms with van der Waals surface area (Å²) in [5.74, 6) is 6.60. The van der Waals surface area contributed by atoms with Gasteiger partial charge in [0, 0.05) is 42.2 Å². The van der Waals surface area contributed by atoms with Gasteiger partial charge in [-0.1, -0.05) is 24.1 Å². The number of rotatable bonds is 4. The molecule has 1 amide bonds. The molecule has 39 heavy (non-hydrogen) atoms. The van der Waals surface area contributed by atoms with Gasteiger partial charge in [0.1, 0.15) is 6.10 Å². The van der Waals surface area contributed by atoms with Crippen LogP contribution in [0.2, 0.25) is 0 Å². The SMILES string of the molecule is C=CCN1CC[C@]23c4c5ccc(O)c4O[C@H]2[C@@H](N(C)C(=O)C#Cc2ccc(C)c(C)c2)CC[C@@]3(N(C)C)[C@H]1C5. The summed E-state index contributed by atoms with van der Waals surface area (Å²) in [5, 5.41) is 11.0. The Hall–Kier alpha value is -3.27. The molecule has 0 radical (unpaired) electrons. The second-order valence-corrected chi connectivity index (χ2v) is 12.1. The molecule has 2 heterocycles. The highest BCUT2D eigenvalue weighted by Gasteiger charge is 2.74. The molecule has 2 aromatic rings. The number of aromatic hydroxyl groups is 1. The zero-order valence-corrected chi connectivity index (χ0v) is 23.8. The number of likely N-dealkylation sites (N-methyl/N-ethyl adjacent to an activating group) is 2. The topological polar surface area (TPSA) is 56.3 Å². The van der Waals surface area contributed by atoms with Gasteiger partial charge in [0.2, 0.25) is 0 Å². The van der Waals surface area contributed by atoms with Crippen LogP contribution >= 0.6 is 0 Å². The molecular formula is C33H39N3O3. The van der Waals surface area contributed by atoms with Crippen molar-refractivity contribution >= 4 is 5.91 Å². The van der Waals surface area contributed by atoms with Crippen LogP contribution in [0.3, 0.4) is 0 Å². The minimum absolute atomic E-state index is 0.149. The lowest BCUT2D eigenvalue weighted by Gasteiger charge is -2.69. The van der Waals surface area contributed by atoms with Crippen molar-refractivity contribution in [3.63, 3.8) is 0 Å². The fourth-order valence-corrected chi connectivity index (χ4v) is 8.49. The first-order valence-corrected chi connectivity index (χ1v) is 14.1. The molecule has 2 fully saturated rings. The molecular weight excluding hydrogens is 486 g/mol. The number of phenolic OH excluding ortho intramolecular Hbond substituents is 1. The maximum atomic E-state index is 13.5. The predicted octanol–water partition coefficient (Wildman–Crippen LogP) is 3.80. The Balaban J connectivity index is 1.42. The van der Waals surface area contributed by atoms with E-state index in [1.807, 2.05) is 31.3 Å². The van der Waals surface area contributed by atoms with Gasteiger partial charge in [0.25, 0.3) is 5.91 Å². The van der Waals surface area contributed by atoms with Gasteiger partial charge in [0.05, 0.1) is 11.5 Å². The molecule has 0 aromatic heterocycles. The molecule has 1 N–H and O–H groups in total. The first-order valence-electron chi connectivity index (χ1n) is 14.1. The monoisotopic (exact) mass is 525 g/mol. The Morgan fingerprint density at radius 3 is 2.72 bits per heavy atom. The molecule has 1 saturated heterocycles. The Bertz CT molecular complexity index is 1420. The first kappa shape index (κ1) is 26.0. The third-order valence-corrected chi connectivity index (χ3v) is 10.3. The zero-order valence-electron chi connectivity index (χ0n) is 23.8. The summed E-state index contributed by atoms with van der Waals surface area (Å²) in [5.41, 5.74) is 5.12. The lowest BCUT2D eigenvalue weighted by Crippen LogP contribution is -2.82. The van der Waals surface area contributed by atoms with E-state index in [4.69, 9.17) is 4.74 Å². The van der Waals surface area contributed by atoms with Crippen LogP contribution in [0.4, 0.5) is 0 Å². The minimum Gasteiger partial charge on any atom is -0.504 e. The molecule has 5 atom stereocenters. The van der Waals surface area contributed by atoms with Gasteiger partial charge in [-0.05, 0) is 95.1 Å². The van der Waals surface area contributed by atoms with Gasteiger partial charge in [-0.3, -0.25) is 9.69 Å². The summed E-state index contributed by atoms with van der Waals surface area (Å²) in [6.45, 7) is 9.95. The molecule has 2 aromatic carbocycles. The third kappa shape index (κ3) is 3.46. The maximum absolute atomic E-state index is 13.5. The smallest absolute Gasteiger partial charge is 0.298 e. The molecule has 204 valence electrons. The summed E-state index contributed by atoms with van der Waals surface area (Å²) < 4.78 is 6.80. The zero-order chi connectivity index (χ0) is 27.7. The third-order valence-electron chi connectivity index (χ3n) is 10.3. The number of benzene rings is 2. The van der Waals surface area contributed by atoms with Gasteiger partial charge in [-0.2, -0.15) is 0 Å². The number of hydrogen-bond acceptors (Lipinski definition) is 5. The number of ether oxygens (including phenoxy) is 1. The molecule has 1 saturated carbocycles. The van der Waals surface area contributed by atoms with Crippen molar-refractivity contribution in [1.29, 1.82) is 0 Å². The van der Waals surface area contributed by atoms with E-state index in [1.165, 1.54) is 16.7 Å². The quantitative estimate of drug-likeness (QED) is 0.486. The van der Waals surface area contributed by atoms with Crippen molar-refractivity contribution in [2.75, 3.05) is 34.2 Å². The second kappa shape index (κ2) is 9.15. The van der Waals surface area contributed by atoms with Crippen molar-refractivity contribution in [3.8, 4) is 23.3 Å². The van der Waals surface area contributed by atoms with Crippen molar-refractivity contribution in [3.05, 3.63) is 70.8 Å². The summed E-state index contributed by atoms with van der Waals surface area (Å²) in [4.78, 5) is 20.3. The molecule has 0 unspecified atom stereocenters. The van der Waals surface area contributed by atoms with E-state index in [9.17, 15) is 9.90 Å². The van der Waals surface area contributed by atoms with Gasteiger partial charge in [-0.15, -0.1) is 6.58 Å². The van der Waals surface area contributed by atoms with E-state index in [2.05, 4.69) is 62.2 Å². The number of phenols is 1. The van der Waals surface area contributed by atoms with Crippen LogP contribution in [-0.4, -0.2) is 83.7 Å². The fraction of sp³-hybridized carbons (Fsp3) is 0.485. The van der Waals surface area contributed by atoms with Crippen molar-refractivity contribution in [2.24, 2.45) is 0 Å². The highest BCUT2D eigenvalue weighted by molar-refractivity contribution is 5.94. The summed E-state index contributed by atoms with van der Waals surface area (Å²) in [7, 11) is 6.25. The van der Waals surface area contributed by atoms with Crippen LogP contribution in [0.25, 0.3) is 0 Å². The van der Waals surface area contributed by atoms with Crippen molar-refractivity contribution in [1.82, 2.24) is 14.7 Å². The van der Waals surface area contributed by atoms with Gasteiger partial charge in [-0.25, -0.2) is 0 Å². The first-order chi connectivity index (χ1) is 18.7. The molecule has 6 nitrogen and oxygen atoms in total. The number of nitrogens with zero attached hydrogens (tertiary/aromatic N) is 3. The second-order valence-electron chi connectivity index (χ2n) is 12.1. The fourth-order valence-electron chi connectivity index (χ4n) is 8.49. The van der Waals surface area contributed by atoms with Crippen LogP contribution in [0.1, 0.15) is 47.1 Å². The molecule has 1 spiro atoms. The van der Waals surface area contributed by atoms with Crippen LogP contribution in [0, 0.1) is 25.7 Å². The van der Waals surface area contributed by atoms with Crippen LogP contribution in [0.15, 0.2) is 43.0 Å². The van der Waals surface area contributed by atoms with E-state index < -0.39 is 0 Å². The number of piperidine rings is 1. The lowest BCUT2D eigenvalue weighted by atomic mass is 9.46. The Kier molecular flexibility index (Phi) is 6.09. The van der Waals surface area contributed by atoms with Gasteiger partial charge >= 0.3 is 0 Å². The van der Waals surface area contributed by atoms with Crippen LogP contribution in [-0.2, 0) is 16.6 Å². The van der Waals surface area contributed by atoms with E-state index >= 15 is 0 Å². The highest BCUT2D eigenvalue weighted by atomic mass is 16.5. The van der Waals surface area contributed by atoms with E-state index in [1.54, 1.807) is 11.0 Å². The average Bonchev–Trinajstić information content (AvgIpc) is 3.27. The van der Waals surface area contributed by atoms with Crippen LogP contribution in [0.5, 0.6) is 11.5 Å². The van der Waals surface area contributed by atoms with Gasteiger partial charge in [0.15, 0.2) is 11.5 Å². The molecule has 2 bridgehead atoms. The highest BCUT2D eigenvalue weighted by Crippen LogP contribution is 2.67. The Labute approximate surface area is 232 Å². The number of aryl methyl sites for hydroxylation is 2. The summed E-state index contributed by atoms with van der Waals surface area (Å²) in [6.07, 6.45) is 5.29. The largest absolute Gasteiger partial charge is 0.504 e. The lowest BCUT2D eigenvalue weighted by molar-refractivity contribution is -0.158. The van der Waals surface area contributed by atoms with E-state index in [0.29, 0.717) is 11.8 Å². The summed E-state index contributed by atoms with van der Waals surface area (Å²) in [6, 6.07) is 10.0. The average molecular weight is 526 g/mol. The predicted molar refractivity (Wildman–Crippen MR) is 153 cm³/mol. The number of likely N-dealkylation sites (tertiary alicyclic amines) is 1. The standard InChI is InChI=1S/C33H39N3O3/c1-7-17-36-18-16-32-29-24-11-12-26(37)30(29)39-31(32)25(14-15-33(32,34(4)5)27(36)20-24)35(6)28(38)13-10-23-9-8-21(2)22(3)19-23/h7-9,11-12,19,25,27,31,37H,1,14-18,20H2,2-6H3/t25-,27+,31-,32-,33+/m0/s1. The number of carbonyl (C=O) groups is 1. The number of carbonyl (C=O) groups excluding carboxylic acids is 1. The molecule has 6 heteroatoms.